The van der Waals surface area contributed by atoms with Crippen molar-refractivity contribution in [1.82, 2.24) is 5.32 Å². The minimum atomic E-state index is -0.527. The summed E-state index contributed by atoms with van der Waals surface area (Å²) in [5.74, 6) is -1.62. The van der Waals surface area contributed by atoms with Crippen LogP contribution in [0.3, 0.4) is 0 Å². The van der Waals surface area contributed by atoms with Gasteiger partial charge in [-0.05, 0) is 18.6 Å². The van der Waals surface area contributed by atoms with Crippen LogP contribution in [0.15, 0.2) is 28.9 Å². The molecule has 18 heavy (non-hydrogen) atoms. The molecule has 1 aromatic carbocycles. The Morgan fingerprint density at radius 3 is 2.94 bits per heavy atom. The summed E-state index contributed by atoms with van der Waals surface area (Å²) in [6, 6.07) is 4.52. The van der Waals surface area contributed by atoms with Gasteiger partial charge in [0.25, 0.3) is 0 Å². The number of benzene rings is 1. The Labute approximate surface area is 102 Å². The number of halogens is 1. The maximum atomic E-state index is 13.8. The van der Waals surface area contributed by atoms with Crippen LogP contribution in [-0.4, -0.2) is 11.8 Å². The van der Waals surface area contributed by atoms with Crippen molar-refractivity contribution >= 4 is 22.8 Å². The lowest BCUT2D eigenvalue weighted by molar-refractivity contribution is -0.134. The number of hydrogen-bond acceptors (Lipinski definition) is 3. The van der Waals surface area contributed by atoms with Gasteiger partial charge in [0.05, 0.1) is 17.6 Å². The minimum absolute atomic E-state index is 0.261. The smallest absolute Gasteiger partial charge is 0.234 e. The van der Waals surface area contributed by atoms with Gasteiger partial charge in [-0.15, -0.1) is 0 Å². The van der Waals surface area contributed by atoms with Crippen molar-refractivity contribution in [2.45, 2.75) is 18.8 Å². The molecule has 1 N–H and O–H groups in total. The molecule has 1 fully saturated rings. The molecule has 1 saturated heterocycles. The zero-order valence-corrected chi connectivity index (χ0v) is 9.40. The van der Waals surface area contributed by atoms with Crippen LogP contribution in [0.1, 0.15) is 24.3 Å². The zero-order chi connectivity index (χ0) is 12.7. The van der Waals surface area contributed by atoms with Gasteiger partial charge in [0.1, 0.15) is 11.4 Å². The molecule has 2 heterocycles. The lowest BCUT2D eigenvalue weighted by Crippen LogP contribution is -2.39. The van der Waals surface area contributed by atoms with Gasteiger partial charge in [-0.1, -0.05) is 6.07 Å². The van der Waals surface area contributed by atoms with Crippen molar-refractivity contribution in [3.05, 3.63) is 35.8 Å². The third kappa shape index (κ3) is 1.59. The molecule has 0 aliphatic carbocycles. The molecule has 4 nitrogen and oxygen atoms in total. The largest absolute Gasteiger partial charge is 0.464 e. The maximum absolute atomic E-state index is 13.8. The highest BCUT2D eigenvalue weighted by Gasteiger charge is 2.31. The third-order valence-electron chi connectivity index (χ3n) is 3.19. The highest BCUT2D eigenvalue weighted by molar-refractivity contribution is 6.02. The van der Waals surface area contributed by atoms with Crippen LogP contribution < -0.4 is 5.32 Å². The fourth-order valence-electron chi connectivity index (χ4n) is 2.32. The Balaban J connectivity index is 2.09. The van der Waals surface area contributed by atoms with Crippen LogP contribution in [0.2, 0.25) is 0 Å². The van der Waals surface area contributed by atoms with Crippen LogP contribution in [0, 0.1) is 5.82 Å². The summed E-state index contributed by atoms with van der Waals surface area (Å²) in [7, 11) is 0. The molecule has 1 unspecified atom stereocenters. The van der Waals surface area contributed by atoms with E-state index in [4.69, 9.17) is 4.42 Å². The van der Waals surface area contributed by atoms with E-state index in [1.54, 1.807) is 12.1 Å². The van der Waals surface area contributed by atoms with E-state index >= 15 is 0 Å². The van der Waals surface area contributed by atoms with Crippen molar-refractivity contribution < 1.29 is 18.4 Å². The number of amides is 2. The summed E-state index contributed by atoms with van der Waals surface area (Å²) in [5, 5.41) is 2.59. The Bertz CT molecular complexity index is 647. The van der Waals surface area contributed by atoms with Crippen LogP contribution in [0.4, 0.5) is 4.39 Å². The van der Waals surface area contributed by atoms with E-state index in [9.17, 15) is 14.0 Å². The van der Waals surface area contributed by atoms with E-state index in [-0.39, 0.29) is 12.3 Å². The molecule has 1 atom stereocenters. The number of piperidine rings is 1. The monoisotopic (exact) mass is 247 g/mol. The van der Waals surface area contributed by atoms with E-state index in [1.807, 2.05) is 0 Å². The van der Waals surface area contributed by atoms with Crippen molar-refractivity contribution in [1.29, 1.82) is 0 Å². The van der Waals surface area contributed by atoms with Gasteiger partial charge >= 0.3 is 0 Å². The summed E-state index contributed by atoms with van der Waals surface area (Å²) >= 11 is 0. The second-order valence-electron chi connectivity index (χ2n) is 4.31. The van der Waals surface area contributed by atoms with Gasteiger partial charge in [0.2, 0.25) is 11.8 Å². The van der Waals surface area contributed by atoms with Crippen LogP contribution >= 0.6 is 0 Å². The van der Waals surface area contributed by atoms with Crippen molar-refractivity contribution in [3.63, 3.8) is 0 Å². The summed E-state index contributed by atoms with van der Waals surface area (Å²) in [6.07, 6.45) is 2.04. The fourth-order valence-corrected chi connectivity index (χ4v) is 2.32. The summed E-state index contributed by atoms with van der Waals surface area (Å²) in [5.41, 5.74) is 0.919. The van der Waals surface area contributed by atoms with Gasteiger partial charge in [-0.25, -0.2) is 4.39 Å². The van der Waals surface area contributed by atoms with E-state index in [0.29, 0.717) is 23.0 Å². The predicted molar refractivity (Wildman–Crippen MR) is 61.3 cm³/mol. The topological polar surface area (TPSA) is 59.3 Å². The maximum Gasteiger partial charge on any atom is 0.234 e. The average molecular weight is 247 g/mol. The van der Waals surface area contributed by atoms with E-state index in [0.717, 1.165) is 0 Å². The molecule has 0 spiro atoms. The van der Waals surface area contributed by atoms with Gasteiger partial charge in [-0.3, -0.25) is 14.9 Å². The standard InChI is InChI=1S/C13H10FNO3/c14-9-2-1-3-10-12(9)8(6-18-10)7-4-5-11(16)15-13(7)17/h1-3,6-7H,4-5H2,(H,15,16,17). The van der Waals surface area contributed by atoms with E-state index < -0.39 is 17.6 Å². The molecule has 5 heteroatoms. The first-order valence-electron chi connectivity index (χ1n) is 5.66. The first-order chi connectivity index (χ1) is 8.66. The molecular formula is C13H10FNO3. The number of nitrogens with one attached hydrogen (secondary N) is 1. The molecule has 0 radical (unpaired) electrons. The molecule has 0 saturated carbocycles. The number of fused-ring (bicyclic) bond motifs is 1. The first kappa shape index (κ1) is 11.0. The SMILES string of the molecule is O=C1CCC(c2coc3cccc(F)c23)C(=O)N1. The van der Waals surface area contributed by atoms with Crippen molar-refractivity contribution in [2.24, 2.45) is 0 Å². The van der Waals surface area contributed by atoms with Gasteiger partial charge < -0.3 is 4.42 Å². The van der Waals surface area contributed by atoms with Crippen LogP contribution in [0.5, 0.6) is 0 Å². The molecular weight excluding hydrogens is 237 g/mol. The second-order valence-corrected chi connectivity index (χ2v) is 4.31. The first-order valence-corrected chi connectivity index (χ1v) is 5.66. The van der Waals surface area contributed by atoms with Crippen LogP contribution in [-0.2, 0) is 9.59 Å². The quantitative estimate of drug-likeness (QED) is 0.785. The number of furan rings is 1. The fraction of sp³-hybridized carbons (Fsp3) is 0.231. The Kier molecular flexibility index (Phi) is 2.40. The Morgan fingerprint density at radius 2 is 2.17 bits per heavy atom. The molecule has 0 bridgehead atoms. The number of rotatable bonds is 1. The van der Waals surface area contributed by atoms with Crippen molar-refractivity contribution in [3.8, 4) is 0 Å². The molecule has 1 aliphatic rings. The van der Waals surface area contributed by atoms with Crippen molar-refractivity contribution in [2.75, 3.05) is 0 Å². The number of hydrogen-bond donors (Lipinski definition) is 1. The summed E-state index contributed by atoms with van der Waals surface area (Å²) in [4.78, 5) is 22.9. The Hall–Kier alpha value is -2.17. The molecule has 92 valence electrons. The second kappa shape index (κ2) is 3.94. The molecule has 1 aromatic heterocycles. The molecule has 1 aliphatic heterocycles. The number of carbonyl (C=O) groups is 2. The lowest BCUT2D eigenvalue weighted by atomic mass is 9.90. The minimum Gasteiger partial charge on any atom is -0.464 e. The third-order valence-corrected chi connectivity index (χ3v) is 3.19. The summed E-state index contributed by atoms with van der Waals surface area (Å²) in [6.45, 7) is 0. The van der Waals surface area contributed by atoms with Gasteiger partial charge in [-0.2, -0.15) is 0 Å². The molecule has 2 aromatic rings. The van der Waals surface area contributed by atoms with Crippen LogP contribution in [0.25, 0.3) is 11.0 Å². The lowest BCUT2D eigenvalue weighted by Gasteiger charge is -2.19. The Morgan fingerprint density at radius 1 is 1.33 bits per heavy atom. The predicted octanol–water partition coefficient (Wildman–Crippen LogP) is 2.09. The van der Waals surface area contributed by atoms with E-state index in [2.05, 4.69) is 5.32 Å². The number of carbonyl (C=O) groups excluding carboxylic acids is 2. The highest BCUT2D eigenvalue weighted by atomic mass is 19.1. The molecule has 2 amide bonds. The zero-order valence-electron chi connectivity index (χ0n) is 9.40. The number of imide groups is 1. The highest BCUT2D eigenvalue weighted by Crippen LogP contribution is 2.33. The summed E-state index contributed by atoms with van der Waals surface area (Å²) < 4.78 is 19.0. The average Bonchev–Trinajstić information content (AvgIpc) is 2.74. The van der Waals surface area contributed by atoms with E-state index in [1.165, 1.54) is 12.3 Å². The molecule has 3 rings (SSSR count). The van der Waals surface area contributed by atoms with Gasteiger partial charge in [0.15, 0.2) is 0 Å². The normalized spacial score (nSPS) is 20.2. The van der Waals surface area contributed by atoms with Gasteiger partial charge in [0, 0.05) is 12.0 Å².